The number of carbonyl (C=O) groups is 1. The lowest BCUT2D eigenvalue weighted by Crippen LogP contribution is -2.22. The summed E-state index contributed by atoms with van der Waals surface area (Å²) in [6.45, 7) is 3.91. The second-order valence-electron chi connectivity index (χ2n) is 6.42. The highest BCUT2D eigenvalue weighted by atomic mass is 32.2. The molecule has 0 aliphatic carbocycles. The summed E-state index contributed by atoms with van der Waals surface area (Å²) in [5.41, 5.74) is 3.87. The Morgan fingerprint density at radius 3 is 2.75 bits per heavy atom. The summed E-state index contributed by atoms with van der Waals surface area (Å²) in [6, 6.07) is 15.8. The number of thioether (sulfide) groups is 1. The fourth-order valence-electron chi connectivity index (χ4n) is 2.89. The van der Waals surface area contributed by atoms with Crippen LogP contribution in [-0.2, 0) is 11.2 Å². The molecule has 6 nitrogen and oxygen atoms in total. The fraction of sp³-hybridized carbons (Fsp3) is 0.190. The third-order valence-electron chi connectivity index (χ3n) is 4.50. The van der Waals surface area contributed by atoms with Crippen LogP contribution in [0.4, 0.5) is 5.69 Å². The molecule has 0 radical (unpaired) electrons. The highest BCUT2D eigenvalue weighted by Crippen LogP contribution is 2.30. The Morgan fingerprint density at radius 1 is 1.18 bits per heavy atom. The molecule has 4 aromatic rings. The van der Waals surface area contributed by atoms with Gasteiger partial charge in [0.05, 0.1) is 10.8 Å². The van der Waals surface area contributed by atoms with E-state index in [0.717, 1.165) is 28.6 Å². The molecule has 4 rings (SSSR count). The first-order valence-corrected chi connectivity index (χ1v) is 9.98. The Kier molecular flexibility index (Phi) is 5.16. The number of aryl methyl sites for hydroxylation is 1. The zero-order valence-corrected chi connectivity index (χ0v) is 16.4. The molecule has 2 aromatic carbocycles. The number of amides is 1. The van der Waals surface area contributed by atoms with Gasteiger partial charge in [-0.25, -0.2) is 0 Å². The highest BCUT2D eigenvalue weighted by molar-refractivity contribution is 8.00. The molecular weight excluding hydrogens is 372 g/mol. The predicted octanol–water partition coefficient (Wildman–Crippen LogP) is 4.90. The van der Waals surface area contributed by atoms with Crippen molar-refractivity contribution in [2.24, 2.45) is 0 Å². The third kappa shape index (κ3) is 3.80. The van der Waals surface area contributed by atoms with Crippen LogP contribution in [0.15, 0.2) is 64.4 Å². The summed E-state index contributed by atoms with van der Waals surface area (Å²) in [6.07, 6.45) is 2.82. The number of anilines is 1. The molecule has 7 heteroatoms. The van der Waals surface area contributed by atoms with Gasteiger partial charge in [-0.2, -0.15) is 0 Å². The normalized spacial score (nSPS) is 12.2. The second-order valence-corrected chi connectivity index (χ2v) is 7.71. The molecule has 2 N–H and O–H groups in total. The van der Waals surface area contributed by atoms with Crippen LogP contribution in [0, 0.1) is 0 Å². The molecule has 0 saturated carbocycles. The number of rotatable bonds is 6. The van der Waals surface area contributed by atoms with Gasteiger partial charge in [0.15, 0.2) is 0 Å². The largest absolute Gasteiger partial charge is 0.411 e. The minimum Gasteiger partial charge on any atom is -0.411 e. The van der Waals surface area contributed by atoms with Crippen LogP contribution in [0.25, 0.3) is 22.4 Å². The van der Waals surface area contributed by atoms with Gasteiger partial charge in [0.25, 0.3) is 11.1 Å². The first-order valence-electron chi connectivity index (χ1n) is 9.10. The van der Waals surface area contributed by atoms with Gasteiger partial charge in [-0.15, -0.1) is 10.2 Å². The number of para-hydroxylation sites is 1. The van der Waals surface area contributed by atoms with Gasteiger partial charge in [0.2, 0.25) is 5.91 Å². The number of aromatic nitrogens is 3. The van der Waals surface area contributed by atoms with Crippen LogP contribution in [-0.4, -0.2) is 26.3 Å². The molecule has 0 aliphatic heterocycles. The number of aromatic amines is 1. The van der Waals surface area contributed by atoms with Crippen molar-refractivity contribution < 1.29 is 9.21 Å². The standard InChI is InChI=1S/C21H20N4O2S/c1-3-14-8-10-15(11-9-14)23-19(26)13(2)28-21-25-24-20(27-21)17-12-22-18-7-5-4-6-16(17)18/h4-13,22H,3H2,1-2H3,(H,23,26)/t13-/m1/s1. The average Bonchev–Trinajstić information content (AvgIpc) is 3.35. The zero-order chi connectivity index (χ0) is 19.5. The minimum atomic E-state index is -0.373. The number of nitrogens with zero attached hydrogens (tertiary/aromatic N) is 2. The molecule has 0 spiro atoms. The van der Waals surface area contributed by atoms with Gasteiger partial charge in [-0.1, -0.05) is 49.0 Å². The summed E-state index contributed by atoms with van der Waals surface area (Å²) in [7, 11) is 0. The number of nitrogens with one attached hydrogen (secondary N) is 2. The molecule has 142 valence electrons. The van der Waals surface area contributed by atoms with Crippen LogP contribution in [0.5, 0.6) is 0 Å². The van der Waals surface area contributed by atoms with Crippen LogP contribution in [0.2, 0.25) is 0 Å². The van der Waals surface area contributed by atoms with Crippen molar-refractivity contribution in [1.82, 2.24) is 15.2 Å². The Hall–Kier alpha value is -3.06. The summed E-state index contributed by atoms with van der Waals surface area (Å²) >= 11 is 1.24. The molecular formula is C21H20N4O2S. The van der Waals surface area contributed by atoms with E-state index in [4.69, 9.17) is 4.42 Å². The molecule has 0 unspecified atom stereocenters. The number of H-pyrrole nitrogens is 1. The molecule has 1 amide bonds. The van der Waals surface area contributed by atoms with Crippen LogP contribution < -0.4 is 5.32 Å². The van der Waals surface area contributed by atoms with E-state index in [2.05, 4.69) is 27.4 Å². The maximum absolute atomic E-state index is 12.5. The molecule has 0 bridgehead atoms. The van der Waals surface area contributed by atoms with E-state index >= 15 is 0 Å². The maximum atomic E-state index is 12.5. The Labute approximate surface area is 166 Å². The van der Waals surface area contributed by atoms with Gasteiger partial charge in [-0.3, -0.25) is 4.79 Å². The van der Waals surface area contributed by atoms with E-state index in [0.29, 0.717) is 11.1 Å². The van der Waals surface area contributed by atoms with Crippen molar-refractivity contribution in [3.63, 3.8) is 0 Å². The van der Waals surface area contributed by atoms with Crippen molar-refractivity contribution in [2.75, 3.05) is 5.32 Å². The van der Waals surface area contributed by atoms with E-state index in [9.17, 15) is 4.79 Å². The lowest BCUT2D eigenvalue weighted by atomic mass is 10.1. The maximum Gasteiger partial charge on any atom is 0.277 e. The molecule has 0 saturated heterocycles. The molecule has 2 aromatic heterocycles. The van der Waals surface area contributed by atoms with E-state index in [1.54, 1.807) is 0 Å². The highest BCUT2D eigenvalue weighted by Gasteiger charge is 2.20. The average molecular weight is 392 g/mol. The Bertz CT molecular complexity index is 1100. The van der Waals surface area contributed by atoms with Crippen LogP contribution in [0.3, 0.4) is 0 Å². The first-order chi connectivity index (χ1) is 13.6. The summed E-state index contributed by atoms with van der Waals surface area (Å²) in [4.78, 5) is 15.6. The quantitative estimate of drug-likeness (QED) is 0.456. The first kappa shape index (κ1) is 18.3. The number of carbonyl (C=O) groups excluding carboxylic acids is 1. The summed E-state index contributed by atoms with van der Waals surface area (Å²) in [5, 5.41) is 12.1. The van der Waals surface area contributed by atoms with Crippen molar-refractivity contribution in [3.05, 3.63) is 60.3 Å². The lowest BCUT2D eigenvalue weighted by molar-refractivity contribution is -0.115. The summed E-state index contributed by atoms with van der Waals surface area (Å²) < 4.78 is 5.78. The van der Waals surface area contributed by atoms with Crippen LogP contribution in [0.1, 0.15) is 19.4 Å². The lowest BCUT2D eigenvalue weighted by Gasteiger charge is -2.10. The smallest absolute Gasteiger partial charge is 0.277 e. The fourth-order valence-corrected chi connectivity index (χ4v) is 3.57. The molecule has 28 heavy (non-hydrogen) atoms. The number of benzene rings is 2. The third-order valence-corrected chi connectivity index (χ3v) is 5.44. The molecule has 0 aliphatic rings. The number of hydrogen-bond donors (Lipinski definition) is 2. The second kappa shape index (κ2) is 7.90. The van der Waals surface area contributed by atoms with Gasteiger partial charge in [-0.05, 0) is 37.1 Å². The van der Waals surface area contributed by atoms with Crippen molar-refractivity contribution in [2.45, 2.75) is 30.7 Å². The van der Waals surface area contributed by atoms with E-state index in [1.165, 1.54) is 17.3 Å². The van der Waals surface area contributed by atoms with Crippen molar-refractivity contribution in [3.8, 4) is 11.5 Å². The van der Waals surface area contributed by atoms with Crippen molar-refractivity contribution in [1.29, 1.82) is 0 Å². The number of fused-ring (bicyclic) bond motifs is 1. The van der Waals surface area contributed by atoms with Gasteiger partial charge in [0.1, 0.15) is 0 Å². The molecule has 0 fully saturated rings. The van der Waals surface area contributed by atoms with Gasteiger partial charge >= 0.3 is 0 Å². The monoisotopic (exact) mass is 392 g/mol. The molecule has 1 atom stereocenters. The van der Waals surface area contributed by atoms with E-state index in [-0.39, 0.29) is 11.2 Å². The number of hydrogen-bond acceptors (Lipinski definition) is 5. The topological polar surface area (TPSA) is 83.8 Å². The van der Waals surface area contributed by atoms with E-state index < -0.39 is 0 Å². The minimum absolute atomic E-state index is 0.110. The zero-order valence-electron chi connectivity index (χ0n) is 15.6. The summed E-state index contributed by atoms with van der Waals surface area (Å²) in [5.74, 6) is 0.323. The van der Waals surface area contributed by atoms with Gasteiger partial charge < -0.3 is 14.7 Å². The molecule has 2 heterocycles. The Morgan fingerprint density at radius 2 is 1.96 bits per heavy atom. The van der Waals surface area contributed by atoms with Crippen molar-refractivity contribution >= 4 is 34.3 Å². The van der Waals surface area contributed by atoms with Crippen LogP contribution >= 0.6 is 11.8 Å². The van der Waals surface area contributed by atoms with E-state index in [1.807, 2.05) is 61.7 Å². The van der Waals surface area contributed by atoms with Gasteiger partial charge in [0, 0.05) is 22.8 Å². The SMILES string of the molecule is CCc1ccc(NC(=O)[C@@H](C)Sc2nnc(-c3c[nH]c4ccccc34)o2)cc1. The Balaban J connectivity index is 1.43. The predicted molar refractivity (Wildman–Crippen MR) is 111 cm³/mol.